The van der Waals surface area contributed by atoms with Crippen molar-refractivity contribution >= 4 is 5.69 Å². The van der Waals surface area contributed by atoms with E-state index in [4.69, 9.17) is 0 Å². The Balaban J connectivity index is 1.68. The van der Waals surface area contributed by atoms with Gasteiger partial charge in [-0.2, -0.15) is 5.10 Å². The van der Waals surface area contributed by atoms with Crippen LogP contribution in [0.4, 0.5) is 5.69 Å². The van der Waals surface area contributed by atoms with Gasteiger partial charge in [0.1, 0.15) is 12.1 Å². The fourth-order valence-corrected chi connectivity index (χ4v) is 2.26. The highest BCUT2D eigenvalue weighted by Gasteiger charge is 2.05. The lowest BCUT2D eigenvalue weighted by Gasteiger charge is -2.07. The molecule has 0 atom stereocenters. The molecule has 0 unspecified atom stereocenters. The fourth-order valence-electron chi connectivity index (χ4n) is 2.26. The molecule has 0 aliphatic rings. The van der Waals surface area contributed by atoms with E-state index < -0.39 is 0 Å². The fraction of sp³-hybridized carbons (Fsp3) is 0.267. The van der Waals surface area contributed by atoms with E-state index in [2.05, 4.69) is 33.5 Å². The maximum absolute atomic E-state index is 4.44. The van der Waals surface area contributed by atoms with Crippen molar-refractivity contribution in [3.63, 3.8) is 0 Å². The molecule has 6 heteroatoms. The molecule has 1 N–H and O–H groups in total. The number of hydrogen-bond acceptors (Lipinski definition) is 4. The van der Waals surface area contributed by atoms with Crippen molar-refractivity contribution in [2.24, 2.45) is 7.05 Å². The second-order valence-corrected chi connectivity index (χ2v) is 4.86. The van der Waals surface area contributed by atoms with Crippen LogP contribution in [-0.2, 0) is 20.0 Å². The Bertz CT molecular complexity index is 696. The maximum Gasteiger partial charge on any atom is 0.137 e. The maximum atomic E-state index is 4.44. The van der Waals surface area contributed by atoms with Crippen LogP contribution < -0.4 is 5.32 Å². The van der Waals surface area contributed by atoms with Gasteiger partial charge >= 0.3 is 0 Å². The molecule has 0 aliphatic heterocycles. The first-order valence-electron chi connectivity index (χ1n) is 6.96. The first-order chi connectivity index (χ1) is 10.3. The Morgan fingerprint density at radius 1 is 1.29 bits per heavy atom. The summed E-state index contributed by atoms with van der Waals surface area (Å²) in [6.07, 6.45) is 10.2. The first-order valence-corrected chi connectivity index (χ1v) is 6.96. The van der Waals surface area contributed by atoms with Crippen LogP contribution in [0.5, 0.6) is 0 Å². The van der Waals surface area contributed by atoms with Crippen LogP contribution in [0.1, 0.15) is 18.2 Å². The third kappa shape index (κ3) is 2.94. The summed E-state index contributed by atoms with van der Waals surface area (Å²) in [4.78, 5) is 8.44. The van der Waals surface area contributed by atoms with Gasteiger partial charge < -0.3 is 5.32 Å². The molecule has 21 heavy (non-hydrogen) atoms. The summed E-state index contributed by atoms with van der Waals surface area (Å²) in [6.45, 7) is 2.87. The van der Waals surface area contributed by atoms with Crippen LogP contribution in [0, 0.1) is 0 Å². The molecule has 3 aromatic heterocycles. The zero-order valence-corrected chi connectivity index (χ0v) is 12.2. The molecule has 0 saturated carbocycles. The van der Waals surface area contributed by atoms with Crippen molar-refractivity contribution in [2.75, 3.05) is 5.32 Å². The summed E-state index contributed by atoms with van der Waals surface area (Å²) in [6, 6.07) is 3.98. The monoisotopic (exact) mass is 282 g/mol. The van der Waals surface area contributed by atoms with Crippen molar-refractivity contribution < 1.29 is 0 Å². The molecule has 3 rings (SSSR count). The predicted molar refractivity (Wildman–Crippen MR) is 81.3 cm³/mol. The molecule has 0 saturated heterocycles. The zero-order valence-electron chi connectivity index (χ0n) is 12.2. The SMILES string of the molecule is CCc1nn(C)cc1CNc1ccc(-n2ccnc2)nc1. The molecule has 0 aliphatic carbocycles. The van der Waals surface area contributed by atoms with Crippen molar-refractivity contribution in [2.45, 2.75) is 19.9 Å². The van der Waals surface area contributed by atoms with Crippen LogP contribution >= 0.6 is 0 Å². The van der Waals surface area contributed by atoms with Gasteiger partial charge in [-0.1, -0.05) is 6.92 Å². The van der Waals surface area contributed by atoms with Gasteiger partial charge in [-0.15, -0.1) is 0 Å². The highest BCUT2D eigenvalue weighted by molar-refractivity contribution is 5.44. The third-order valence-corrected chi connectivity index (χ3v) is 3.33. The summed E-state index contributed by atoms with van der Waals surface area (Å²) in [5, 5.41) is 7.82. The molecule has 0 spiro atoms. The second-order valence-electron chi connectivity index (χ2n) is 4.86. The number of rotatable bonds is 5. The highest BCUT2D eigenvalue weighted by atomic mass is 15.3. The van der Waals surface area contributed by atoms with E-state index in [-0.39, 0.29) is 0 Å². The molecule has 108 valence electrons. The van der Waals surface area contributed by atoms with Gasteiger partial charge in [0.25, 0.3) is 0 Å². The Labute approximate surface area is 123 Å². The first kappa shape index (κ1) is 13.4. The van der Waals surface area contributed by atoms with E-state index in [1.807, 2.05) is 40.8 Å². The van der Waals surface area contributed by atoms with Crippen molar-refractivity contribution in [3.8, 4) is 5.82 Å². The average Bonchev–Trinajstić information content (AvgIpc) is 3.15. The summed E-state index contributed by atoms with van der Waals surface area (Å²) >= 11 is 0. The Kier molecular flexibility index (Phi) is 3.68. The number of aromatic nitrogens is 5. The van der Waals surface area contributed by atoms with E-state index in [0.29, 0.717) is 0 Å². The van der Waals surface area contributed by atoms with Gasteiger partial charge in [-0.05, 0) is 18.6 Å². The minimum absolute atomic E-state index is 0.753. The van der Waals surface area contributed by atoms with Crippen LogP contribution in [0.2, 0.25) is 0 Å². The summed E-state index contributed by atoms with van der Waals surface area (Å²) in [5.41, 5.74) is 3.34. The number of imidazole rings is 1. The van der Waals surface area contributed by atoms with Gasteiger partial charge in [-0.3, -0.25) is 9.25 Å². The molecule has 0 radical (unpaired) electrons. The molecule has 3 heterocycles. The lowest BCUT2D eigenvalue weighted by Crippen LogP contribution is -2.02. The van der Waals surface area contributed by atoms with Gasteiger partial charge in [0.05, 0.1) is 17.6 Å². The Morgan fingerprint density at radius 3 is 2.86 bits per heavy atom. The molecule has 0 amide bonds. The third-order valence-electron chi connectivity index (χ3n) is 3.33. The predicted octanol–water partition coefficient (Wildman–Crippen LogP) is 2.18. The lowest BCUT2D eigenvalue weighted by molar-refractivity contribution is 0.746. The Hall–Kier alpha value is -2.63. The van der Waals surface area contributed by atoms with Gasteiger partial charge in [0.2, 0.25) is 0 Å². The molecule has 0 bridgehead atoms. The summed E-state index contributed by atoms with van der Waals surface area (Å²) in [5.74, 6) is 0.855. The van der Waals surface area contributed by atoms with Gasteiger partial charge in [0.15, 0.2) is 0 Å². The largest absolute Gasteiger partial charge is 0.380 e. The zero-order chi connectivity index (χ0) is 14.7. The number of nitrogens with one attached hydrogen (secondary N) is 1. The van der Waals surface area contributed by atoms with Crippen LogP contribution in [0.15, 0.2) is 43.2 Å². The number of anilines is 1. The molecule has 0 aromatic carbocycles. The molecular weight excluding hydrogens is 264 g/mol. The quantitative estimate of drug-likeness (QED) is 0.779. The molecule has 3 aromatic rings. The van der Waals surface area contributed by atoms with Crippen LogP contribution in [-0.4, -0.2) is 24.3 Å². The average molecular weight is 282 g/mol. The van der Waals surface area contributed by atoms with E-state index in [1.54, 1.807) is 12.5 Å². The van der Waals surface area contributed by atoms with Crippen LogP contribution in [0.3, 0.4) is 0 Å². The number of pyridine rings is 1. The summed E-state index contributed by atoms with van der Waals surface area (Å²) in [7, 11) is 1.95. The smallest absolute Gasteiger partial charge is 0.137 e. The topological polar surface area (TPSA) is 60.6 Å². The molecular formula is C15H18N6. The second kappa shape index (κ2) is 5.78. The molecule has 6 nitrogen and oxygen atoms in total. The molecule has 0 fully saturated rings. The number of aryl methyl sites for hydroxylation is 2. The normalized spacial score (nSPS) is 10.8. The van der Waals surface area contributed by atoms with E-state index in [1.165, 1.54) is 5.56 Å². The van der Waals surface area contributed by atoms with Crippen LogP contribution in [0.25, 0.3) is 5.82 Å². The van der Waals surface area contributed by atoms with Crippen molar-refractivity contribution in [3.05, 3.63) is 54.5 Å². The van der Waals surface area contributed by atoms with Crippen molar-refractivity contribution in [1.82, 2.24) is 24.3 Å². The minimum Gasteiger partial charge on any atom is -0.380 e. The highest BCUT2D eigenvalue weighted by Crippen LogP contribution is 2.13. The Morgan fingerprint density at radius 2 is 2.19 bits per heavy atom. The standard InChI is InChI=1S/C15H18N6/c1-3-14-12(10-20(2)19-14)8-17-13-4-5-15(18-9-13)21-7-6-16-11-21/h4-7,9-11,17H,3,8H2,1-2H3. The number of hydrogen-bond donors (Lipinski definition) is 1. The van der Waals surface area contributed by atoms with E-state index in [0.717, 1.165) is 30.2 Å². The van der Waals surface area contributed by atoms with Gasteiger partial charge in [0, 0.05) is 37.7 Å². The van der Waals surface area contributed by atoms with Gasteiger partial charge in [-0.25, -0.2) is 9.97 Å². The summed E-state index contributed by atoms with van der Waals surface area (Å²) < 4.78 is 3.73. The van der Waals surface area contributed by atoms with E-state index in [9.17, 15) is 0 Å². The lowest BCUT2D eigenvalue weighted by atomic mass is 10.2. The number of nitrogens with zero attached hydrogens (tertiary/aromatic N) is 5. The van der Waals surface area contributed by atoms with Crippen molar-refractivity contribution in [1.29, 1.82) is 0 Å². The van der Waals surface area contributed by atoms with E-state index >= 15 is 0 Å². The minimum atomic E-state index is 0.753.